The van der Waals surface area contributed by atoms with Gasteiger partial charge in [0, 0.05) is 6.61 Å². The number of nitrogens with one attached hydrogen (secondary N) is 1. The fourth-order valence-corrected chi connectivity index (χ4v) is 3.01. The smallest absolute Gasteiger partial charge is 0.148 e. The molecule has 6 heteroatoms. The second-order valence-electron chi connectivity index (χ2n) is 6.03. The second-order valence-corrected chi connectivity index (χ2v) is 6.41. The number of nitrogens with zero attached hydrogens (tertiary/aromatic N) is 2. The van der Waals surface area contributed by atoms with Crippen LogP contribution in [-0.4, -0.2) is 36.3 Å². The van der Waals surface area contributed by atoms with Gasteiger partial charge in [0.1, 0.15) is 29.5 Å². The molecule has 0 saturated heterocycles. The third-order valence-corrected chi connectivity index (χ3v) is 4.82. The van der Waals surface area contributed by atoms with Crippen LogP contribution in [0.1, 0.15) is 36.2 Å². The zero-order chi connectivity index (χ0) is 18.9. The molecule has 1 N–H and O–H groups in total. The highest BCUT2D eigenvalue weighted by Gasteiger charge is 2.09. The summed E-state index contributed by atoms with van der Waals surface area (Å²) in [5, 5.41) is 3.80. The van der Waals surface area contributed by atoms with E-state index in [-0.39, 0.29) is 0 Å². The molecular weight excluding hydrogens is 350 g/mol. The molecule has 1 heterocycles. The number of aryl methyl sites for hydroxylation is 1. The monoisotopic (exact) mass is 377 g/mol. The van der Waals surface area contributed by atoms with E-state index in [1.165, 1.54) is 23.0 Å². The topological polar surface area (TPSA) is 56.3 Å². The maximum absolute atomic E-state index is 6.28. The maximum atomic E-state index is 6.28. The molecular formula is C20H28ClN3O2. The molecule has 26 heavy (non-hydrogen) atoms. The normalized spacial score (nSPS) is 10.8. The molecule has 0 bridgehead atoms. The van der Waals surface area contributed by atoms with Gasteiger partial charge in [-0.15, -0.1) is 0 Å². The van der Waals surface area contributed by atoms with Gasteiger partial charge >= 0.3 is 0 Å². The van der Waals surface area contributed by atoms with Crippen molar-refractivity contribution in [3.63, 3.8) is 0 Å². The summed E-state index contributed by atoms with van der Waals surface area (Å²) in [4.78, 5) is 8.35. The van der Waals surface area contributed by atoms with E-state index in [0.717, 1.165) is 37.5 Å². The predicted octanol–water partition coefficient (Wildman–Crippen LogP) is 4.38. The molecule has 0 saturated carbocycles. The lowest BCUT2D eigenvalue weighted by Gasteiger charge is -2.15. The van der Waals surface area contributed by atoms with Gasteiger partial charge in [-0.05, 0) is 56.4 Å². The van der Waals surface area contributed by atoms with Crippen LogP contribution < -0.4 is 10.1 Å². The molecule has 0 unspecified atom stereocenters. The molecule has 142 valence electrons. The first-order chi connectivity index (χ1) is 12.6. The van der Waals surface area contributed by atoms with Crippen molar-refractivity contribution in [1.82, 2.24) is 9.97 Å². The molecule has 2 rings (SSSR count). The van der Waals surface area contributed by atoms with E-state index >= 15 is 0 Å². The summed E-state index contributed by atoms with van der Waals surface area (Å²) >= 11 is 6.28. The average molecular weight is 378 g/mol. The minimum atomic E-state index is 0.528. The van der Waals surface area contributed by atoms with Crippen LogP contribution in [-0.2, 0) is 17.6 Å². The first-order valence-electron chi connectivity index (χ1n) is 9.11. The highest BCUT2D eigenvalue weighted by Crippen LogP contribution is 2.25. The SMILES string of the molecule is CCOCCc1ccc(OCCNc2ncnc(CC)c2Cl)c(C)c1C. The van der Waals surface area contributed by atoms with Gasteiger partial charge in [-0.2, -0.15) is 0 Å². The minimum absolute atomic E-state index is 0.528. The van der Waals surface area contributed by atoms with Gasteiger partial charge in [0.05, 0.1) is 18.8 Å². The lowest BCUT2D eigenvalue weighted by molar-refractivity contribution is 0.151. The summed E-state index contributed by atoms with van der Waals surface area (Å²) in [5.41, 5.74) is 4.59. The predicted molar refractivity (Wildman–Crippen MR) is 107 cm³/mol. The van der Waals surface area contributed by atoms with E-state index in [1.54, 1.807) is 0 Å². The number of rotatable bonds is 10. The van der Waals surface area contributed by atoms with Crippen molar-refractivity contribution in [3.8, 4) is 5.75 Å². The van der Waals surface area contributed by atoms with Crippen LogP contribution in [0.5, 0.6) is 5.75 Å². The molecule has 0 radical (unpaired) electrons. The van der Waals surface area contributed by atoms with Crippen molar-refractivity contribution < 1.29 is 9.47 Å². The third-order valence-electron chi connectivity index (χ3n) is 4.42. The van der Waals surface area contributed by atoms with Crippen molar-refractivity contribution in [1.29, 1.82) is 0 Å². The van der Waals surface area contributed by atoms with Gasteiger partial charge in [-0.1, -0.05) is 24.6 Å². The summed E-state index contributed by atoms with van der Waals surface area (Å²) < 4.78 is 11.4. The Morgan fingerprint density at radius 3 is 2.62 bits per heavy atom. The average Bonchev–Trinajstić information content (AvgIpc) is 2.65. The molecule has 0 aliphatic carbocycles. The molecule has 1 aromatic heterocycles. The number of benzene rings is 1. The lowest BCUT2D eigenvalue weighted by Crippen LogP contribution is -2.14. The van der Waals surface area contributed by atoms with Crippen molar-refractivity contribution in [3.05, 3.63) is 45.9 Å². The molecule has 0 spiro atoms. The zero-order valence-corrected chi connectivity index (χ0v) is 16.8. The van der Waals surface area contributed by atoms with Crippen LogP contribution in [0.4, 0.5) is 5.82 Å². The van der Waals surface area contributed by atoms with Gasteiger partial charge in [0.2, 0.25) is 0 Å². The van der Waals surface area contributed by atoms with Gasteiger partial charge in [-0.3, -0.25) is 0 Å². The highest BCUT2D eigenvalue weighted by molar-refractivity contribution is 6.33. The molecule has 5 nitrogen and oxygen atoms in total. The second kappa shape index (κ2) is 10.3. The number of hydrogen-bond acceptors (Lipinski definition) is 5. The van der Waals surface area contributed by atoms with Crippen LogP contribution in [0, 0.1) is 13.8 Å². The molecule has 2 aromatic rings. The van der Waals surface area contributed by atoms with Crippen molar-refractivity contribution in [2.24, 2.45) is 0 Å². The van der Waals surface area contributed by atoms with Crippen molar-refractivity contribution in [2.75, 3.05) is 31.7 Å². The fraction of sp³-hybridized carbons (Fsp3) is 0.500. The Balaban J connectivity index is 1.89. The zero-order valence-electron chi connectivity index (χ0n) is 16.1. The molecule has 0 fully saturated rings. The number of aromatic nitrogens is 2. The van der Waals surface area contributed by atoms with Gasteiger partial charge in [0.25, 0.3) is 0 Å². The van der Waals surface area contributed by atoms with E-state index in [9.17, 15) is 0 Å². The van der Waals surface area contributed by atoms with E-state index < -0.39 is 0 Å². The summed E-state index contributed by atoms with van der Waals surface area (Å²) in [7, 11) is 0. The van der Waals surface area contributed by atoms with Gasteiger partial charge < -0.3 is 14.8 Å². The van der Waals surface area contributed by atoms with Crippen molar-refractivity contribution >= 4 is 17.4 Å². The minimum Gasteiger partial charge on any atom is -0.491 e. The Labute approximate surface area is 161 Å². The number of anilines is 1. The Morgan fingerprint density at radius 1 is 1.08 bits per heavy atom. The van der Waals surface area contributed by atoms with Crippen LogP contribution >= 0.6 is 11.6 Å². The Bertz CT molecular complexity index is 722. The highest BCUT2D eigenvalue weighted by atomic mass is 35.5. The molecule has 0 aliphatic rings. The lowest BCUT2D eigenvalue weighted by atomic mass is 10.0. The van der Waals surface area contributed by atoms with Crippen molar-refractivity contribution in [2.45, 2.75) is 40.5 Å². The number of halogens is 1. The summed E-state index contributed by atoms with van der Waals surface area (Å²) in [6, 6.07) is 4.16. The Morgan fingerprint density at radius 2 is 1.88 bits per heavy atom. The van der Waals surface area contributed by atoms with E-state index in [4.69, 9.17) is 21.1 Å². The largest absolute Gasteiger partial charge is 0.491 e. The first-order valence-corrected chi connectivity index (χ1v) is 9.49. The number of hydrogen-bond donors (Lipinski definition) is 1. The molecule has 1 aromatic carbocycles. The molecule has 0 aliphatic heterocycles. The number of ether oxygens (including phenoxy) is 2. The molecule has 0 amide bonds. The van der Waals surface area contributed by atoms with Crippen LogP contribution in [0.25, 0.3) is 0 Å². The molecule has 0 atom stereocenters. The maximum Gasteiger partial charge on any atom is 0.148 e. The standard InChI is InChI=1S/C20H28ClN3O2/c1-5-17-19(21)20(24-13-23-17)22-10-12-26-18-8-7-16(9-11-25-6-2)14(3)15(18)4/h7-8,13H,5-6,9-12H2,1-4H3,(H,22,23,24). The van der Waals surface area contributed by atoms with Gasteiger partial charge in [0.15, 0.2) is 0 Å². The quantitative estimate of drug-likeness (QED) is 0.622. The van der Waals surface area contributed by atoms with Crippen LogP contribution in [0.2, 0.25) is 5.02 Å². The van der Waals surface area contributed by atoms with Crippen LogP contribution in [0.3, 0.4) is 0 Å². The van der Waals surface area contributed by atoms with Crippen LogP contribution in [0.15, 0.2) is 18.5 Å². The Hall–Kier alpha value is -1.85. The summed E-state index contributed by atoms with van der Waals surface area (Å²) in [6.07, 6.45) is 3.23. The Kier molecular flexibility index (Phi) is 8.13. The third kappa shape index (κ3) is 5.32. The van der Waals surface area contributed by atoms with E-state index in [1.807, 2.05) is 19.9 Å². The van der Waals surface area contributed by atoms with E-state index in [2.05, 4.69) is 35.2 Å². The fourth-order valence-electron chi connectivity index (χ4n) is 2.71. The summed E-state index contributed by atoms with van der Waals surface area (Å²) in [5.74, 6) is 1.56. The first kappa shape index (κ1) is 20.5. The van der Waals surface area contributed by atoms with Gasteiger partial charge in [-0.25, -0.2) is 9.97 Å². The summed E-state index contributed by atoms with van der Waals surface area (Å²) in [6.45, 7) is 10.9. The van der Waals surface area contributed by atoms with E-state index in [0.29, 0.717) is 24.0 Å².